The highest BCUT2D eigenvalue weighted by Gasteiger charge is 2.13. The summed E-state index contributed by atoms with van der Waals surface area (Å²) < 4.78 is 34.5. The van der Waals surface area contributed by atoms with Gasteiger partial charge in [0.15, 0.2) is 5.58 Å². The lowest BCUT2D eigenvalue weighted by atomic mass is 10.3. The first-order chi connectivity index (χ1) is 8.78. The molecule has 1 aromatic carbocycles. The summed E-state index contributed by atoms with van der Waals surface area (Å²) in [6.07, 6.45) is 0. The predicted molar refractivity (Wildman–Crippen MR) is 72.3 cm³/mol. The third kappa shape index (κ3) is 2.96. The van der Waals surface area contributed by atoms with E-state index in [2.05, 4.69) is 9.44 Å². The number of rotatable bonds is 4. The van der Waals surface area contributed by atoms with E-state index in [1.165, 1.54) is 10.6 Å². The first-order valence-electron chi connectivity index (χ1n) is 5.68. The van der Waals surface area contributed by atoms with Crippen LogP contribution in [0.1, 0.15) is 13.8 Å². The summed E-state index contributed by atoms with van der Waals surface area (Å²) >= 11 is 0. The van der Waals surface area contributed by atoms with E-state index in [9.17, 15) is 13.2 Å². The highest BCUT2D eigenvalue weighted by molar-refractivity contribution is 7.90. The first-order valence-corrected chi connectivity index (χ1v) is 7.16. The summed E-state index contributed by atoms with van der Waals surface area (Å²) in [7, 11) is -2.05. The predicted octanol–water partition coefficient (Wildman–Crippen LogP) is 0.786. The van der Waals surface area contributed by atoms with Crippen molar-refractivity contribution in [1.29, 1.82) is 0 Å². The van der Waals surface area contributed by atoms with Gasteiger partial charge in [0.25, 0.3) is 10.2 Å². The zero-order valence-electron chi connectivity index (χ0n) is 10.8. The molecule has 2 N–H and O–H groups in total. The monoisotopic (exact) mass is 285 g/mol. The van der Waals surface area contributed by atoms with E-state index < -0.39 is 16.0 Å². The summed E-state index contributed by atoms with van der Waals surface area (Å²) in [6.45, 7) is 3.44. The van der Waals surface area contributed by atoms with Gasteiger partial charge < -0.3 is 4.42 Å². The average Bonchev–Trinajstić information content (AvgIpc) is 2.51. The van der Waals surface area contributed by atoms with Crippen LogP contribution in [0.2, 0.25) is 0 Å². The van der Waals surface area contributed by atoms with Crippen molar-refractivity contribution in [2.75, 3.05) is 4.72 Å². The maximum atomic E-state index is 11.7. The largest absolute Gasteiger partial charge is 0.419 e. The number of aryl methyl sites for hydroxylation is 1. The van der Waals surface area contributed by atoms with Gasteiger partial charge in [-0.2, -0.15) is 13.1 Å². The van der Waals surface area contributed by atoms with Gasteiger partial charge in [-0.05, 0) is 26.0 Å². The van der Waals surface area contributed by atoms with E-state index in [0.29, 0.717) is 16.8 Å². The number of benzene rings is 1. The molecule has 0 bridgehead atoms. The Morgan fingerprint density at radius 2 is 2.00 bits per heavy atom. The normalized spacial score (nSPS) is 12.2. The smallest absolute Gasteiger partial charge is 0.408 e. The van der Waals surface area contributed by atoms with Crippen molar-refractivity contribution in [2.24, 2.45) is 7.05 Å². The van der Waals surface area contributed by atoms with Gasteiger partial charge >= 0.3 is 5.76 Å². The molecule has 1 heterocycles. The van der Waals surface area contributed by atoms with E-state index >= 15 is 0 Å². The number of oxazole rings is 1. The third-order valence-corrected chi connectivity index (χ3v) is 3.72. The Labute approximate surface area is 110 Å². The topological polar surface area (TPSA) is 93.3 Å². The molecule has 0 saturated carbocycles. The number of anilines is 1. The minimum atomic E-state index is -3.63. The van der Waals surface area contributed by atoms with Gasteiger partial charge in [0, 0.05) is 19.2 Å². The van der Waals surface area contributed by atoms with Crippen LogP contribution in [-0.4, -0.2) is 19.0 Å². The van der Waals surface area contributed by atoms with Crippen molar-refractivity contribution < 1.29 is 12.8 Å². The summed E-state index contributed by atoms with van der Waals surface area (Å²) in [5.74, 6) is -0.490. The lowest BCUT2D eigenvalue weighted by molar-refractivity contribution is 0.528. The highest BCUT2D eigenvalue weighted by Crippen LogP contribution is 2.18. The van der Waals surface area contributed by atoms with Crippen LogP contribution in [0.5, 0.6) is 0 Å². The molecule has 0 fully saturated rings. The summed E-state index contributed by atoms with van der Waals surface area (Å²) in [6, 6.07) is 4.44. The van der Waals surface area contributed by atoms with Crippen LogP contribution in [-0.2, 0) is 17.3 Å². The van der Waals surface area contributed by atoms with Crippen LogP contribution in [0.15, 0.2) is 27.4 Å². The van der Waals surface area contributed by atoms with Gasteiger partial charge in [-0.1, -0.05) is 0 Å². The molecule has 2 rings (SSSR count). The molecule has 0 amide bonds. The van der Waals surface area contributed by atoms with Crippen molar-refractivity contribution in [2.45, 2.75) is 19.9 Å². The number of fused-ring (bicyclic) bond motifs is 1. The van der Waals surface area contributed by atoms with Crippen molar-refractivity contribution in [3.8, 4) is 0 Å². The lowest BCUT2D eigenvalue weighted by Crippen LogP contribution is -2.35. The van der Waals surface area contributed by atoms with Crippen molar-refractivity contribution in [1.82, 2.24) is 9.29 Å². The van der Waals surface area contributed by atoms with Crippen molar-refractivity contribution in [3.63, 3.8) is 0 Å². The van der Waals surface area contributed by atoms with Crippen LogP contribution < -0.4 is 15.2 Å². The zero-order valence-corrected chi connectivity index (χ0v) is 11.6. The molecule has 0 spiro atoms. The third-order valence-electron chi connectivity index (χ3n) is 2.44. The SMILES string of the molecule is CC(C)NS(=O)(=O)Nc1ccc2c(c1)oc(=O)n2C. The Bertz CT molecular complexity index is 758. The zero-order chi connectivity index (χ0) is 14.2. The van der Waals surface area contributed by atoms with Gasteiger partial charge in [-0.3, -0.25) is 9.29 Å². The Morgan fingerprint density at radius 1 is 1.32 bits per heavy atom. The van der Waals surface area contributed by atoms with E-state index in [1.807, 2.05) is 0 Å². The second-order valence-electron chi connectivity index (χ2n) is 4.49. The standard InChI is InChI=1S/C11H15N3O4S/c1-7(2)12-19(16,17)13-8-4-5-9-10(6-8)18-11(15)14(9)3/h4-7,12-13H,1-3H3. The average molecular weight is 285 g/mol. The van der Waals surface area contributed by atoms with E-state index in [4.69, 9.17) is 4.42 Å². The van der Waals surface area contributed by atoms with Gasteiger partial charge in [-0.25, -0.2) is 4.79 Å². The molecule has 0 aliphatic heterocycles. The Hall–Kier alpha value is -1.80. The molecule has 0 saturated heterocycles. The number of nitrogens with zero attached hydrogens (tertiary/aromatic N) is 1. The molecule has 2 aromatic rings. The van der Waals surface area contributed by atoms with Crippen LogP contribution in [0, 0.1) is 0 Å². The van der Waals surface area contributed by atoms with E-state index in [-0.39, 0.29) is 6.04 Å². The summed E-state index contributed by atoms with van der Waals surface area (Å²) in [5, 5.41) is 0. The van der Waals surface area contributed by atoms with Crippen molar-refractivity contribution >= 4 is 27.0 Å². The molecule has 104 valence electrons. The number of hydrogen-bond donors (Lipinski definition) is 2. The number of nitrogens with one attached hydrogen (secondary N) is 2. The summed E-state index contributed by atoms with van der Waals surface area (Å²) in [5.41, 5.74) is 1.26. The molecular formula is C11H15N3O4S. The number of aromatic nitrogens is 1. The van der Waals surface area contributed by atoms with Crippen LogP contribution >= 0.6 is 0 Å². The minimum absolute atomic E-state index is 0.212. The molecular weight excluding hydrogens is 270 g/mol. The Kier molecular flexibility index (Phi) is 3.38. The quantitative estimate of drug-likeness (QED) is 0.868. The Balaban J connectivity index is 2.35. The maximum Gasteiger partial charge on any atom is 0.419 e. The molecule has 0 radical (unpaired) electrons. The first kappa shape index (κ1) is 13.6. The molecule has 8 heteroatoms. The van der Waals surface area contributed by atoms with Crippen LogP contribution in [0.4, 0.5) is 5.69 Å². The molecule has 1 aromatic heterocycles. The summed E-state index contributed by atoms with van der Waals surface area (Å²) in [4.78, 5) is 11.3. The molecule has 0 atom stereocenters. The lowest BCUT2D eigenvalue weighted by Gasteiger charge is -2.11. The minimum Gasteiger partial charge on any atom is -0.408 e. The van der Waals surface area contributed by atoms with E-state index in [1.54, 1.807) is 33.0 Å². The fourth-order valence-electron chi connectivity index (χ4n) is 1.69. The molecule has 0 aliphatic rings. The van der Waals surface area contributed by atoms with Gasteiger partial charge in [0.2, 0.25) is 0 Å². The molecule has 0 unspecified atom stereocenters. The van der Waals surface area contributed by atoms with Gasteiger partial charge in [0.1, 0.15) is 0 Å². The second kappa shape index (κ2) is 4.71. The van der Waals surface area contributed by atoms with Gasteiger partial charge in [-0.15, -0.1) is 0 Å². The molecule has 7 nitrogen and oxygen atoms in total. The highest BCUT2D eigenvalue weighted by atomic mass is 32.2. The van der Waals surface area contributed by atoms with E-state index in [0.717, 1.165) is 0 Å². The fourth-order valence-corrected chi connectivity index (χ4v) is 2.81. The maximum absolute atomic E-state index is 11.7. The molecule has 19 heavy (non-hydrogen) atoms. The van der Waals surface area contributed by atoms with Crippen LogP contribution in [0.25, 0.3) is 11.1 Å². The number of hydrogen-bond acceptors (Lipinski definition) is 4. The van der Waals surface area contributed by atoms with Crippen molar-refractivity contribution in [3.05, 3.63) is 28.7 Å². The second-order valence-corrected chi connectivity index (χ2v) is 5.93. The fraction of sp³-hybridized carbons (Fsp3) is 0.364. The Morgan fingerprint density at radius 3 is 2.63 bits per heavy atom. The van der Waals surface area contributed by atoms with Crippen LogP contribution in [0.3, 0.4) is 0 Å². The molecule has 0 aliphatic carbocycles. The van der Waals surface area contributed by atoms with Gasteiger partial charge in [0.05, 0.1) is 11.2 Å².